The topological polar surface area (TPSA) is 27.1 Å². The van der Waals surface area contributed by atoms with Crippen LogP contribution >= 0.6 is 27.5 Å². The Kier molecular flexibility index (Phi) is 3.91. The van der Waals surface area contributed by atoms with E-state index in [2.05, 4.69) is 38.5 Å². The molecule has 21 heavy (non-hydrogen) atoms. The van der Waals surface area contributed by atoms with Gasteiger partial charge in [0.2, 0.25) is 0 Å². The Bertz CT molecular complexity index is 813. The van der Waals surface area contributed by atoms with E-state index in [1.807, 2.05) is 30.3 Å². The van der Waals surface area contributed by atoms with Crippen LogP contribution in [0, 0.1) is 6.92 Å². The number of hydrogen-bond donors (Lipinski definition) is 0. The SMILES string of the molecule is COc1cccc2c1nc(CCl)n2-c1cccc(C)c1Br. The van der Waals surface area contributed by atoms with Crippen LogP contribution in [0.1, 0.15) is 11.4 Å². The number of rotatable bonds is 3. The summed E-state index contributed by atoms with van der Waals surface area (Å²) in [4.78, 5) is 4.63. The van der Waals surface area contributed by atoms with Gasteiger partial charge in [-0.3, -0.25) is 4.57 Å². The quantitative estimate of drug-likeness (QED) is 0.621. The maximum atomic E-state index is 6.10. The van der Waals surface area contributed by atoms with E-state index in [4.69, 9.17) is 16.3 Å². The fraction of sp³-hybridized carbons (Fsp3) is 0.188. The summed E-state index contributed by atoms with van der Waals surface area (Å²) in [5.74, 6) is 1.88. The molecule has 1 heterocycles. The molecule has 0 atom stereocenters. The summed E-state index contributed by atoms with van der Waals surface area (Å²) in [5.41, 5.74) is 4.00. The van der Waals surface area contributed by atoms with Crippen LogP contribution in [-0.2, 0) is 5.88 Å². The minimum Gasteiger partial charge on any atom is -0.494 e. The number of halogens is 2. The highest BCUT2D eigenvalue weighted by molar-refractivity contribution is 9.10. The minimum absolute atomic E-state index is 0.332. The van der Waals surface area contributed by atoms with Crippen molar-refractivity contribution in [3.8, 4) is 11.4 Å². The van der Waals surface area contributed by atoms with Crippen LogP contribution in [-0.4, -0.2) is 16.7 Å². The number of alkyl halides is 1. The van der Waals surface area contributed by atoms with Crippen molar-refractivity contribution in [1.29, 1.82) is 0 Å². The van der Waals surface area contributed by atoms with Crippen LogP contribution in [0.4, 0.5) is 0 Å². The van der Waals surface area contributed by atoms with Gasteiger partial charge in [-0.1, -0.05) is 18.2 Å². The second-order valence-electron chi connectivity index (χ2n) is 4.73. The first-order valence-electron chi connectivity index (χ1n) is 6.53. The monoisotopic (exact) mass is 364 g/mol. The lowest BCUT2D eigenvalue weighted by Crippen LogP contribution is -2.01. The highest BCUT2D eigenvalue weighted by Gasteiger charge is 2.16. The summed E-state index contributed by atoms with van der Waals surface area (Å²) < 4.78 is 8.51. The van der Waals surface area contributed by atoms with Gasteiger partial charge in [-0.25, -0.2) is 4.98 Å². The normalized spacial score (nSPS) is 11.0. The maximum absolute atomic E-state index is 6.10. The van der Waals surface area contributed by atoms with E-state index < -0.39 is 0 Å². The molecule has 0 amide bonds. The van der Waals surface area contributed by atoms with E-state index in [-0.39, 0.29) is 0 Å². The predicted molar refractivity (Wildman–Crippen MR) is 89.6 cm³/mol. The molecule has 108 valence electrons. The lowest BCUT2D eigenvalue weighted by molar-refractivity contribution is 0.419. The number of benzene rings is 2. The van der Waals surface area contributed by atoms with Crippen LogP contribution in [0.5, 0.6) is 5.75 Å². The van der Waals surface area contributed by atoms with Crippen LogP contribution in [0.15, 0.2) is 40.9 Å². The molecule has 2 aromatic carbocycles. The third kappa shape index (κ3) is 2.32. The molecule has 0 radical (unpaired) electrons. The molecule has 0 bridgehead atoms. The van der Waals surface area contributed by atoms with Gasteiger partial charge in [0.1, 0.15) is 17.1 Å². The Labute approximate surface area is 136 Å². The molecule has 3 rings (SSSR count). The number of fused-ring (bicyclic) bond motifs is 1. The van der Waals surface area contributed by atoms with Crippen LogP contribution in [0.3, 0.4) is 0 Å². The molecule has 3 nitrogen and oxygen atoms in total. The third-order valence-corrected chi connectivity index (χ3v) is 4.74. The van der Waals surface area contributed by atoms with Gasteiger partial charge in [0.25, 0.3) is 0 Å². The van der Waals surface area contributed by atoms with Crippen molar-refractivity contribution in [1.82, 2.24) is 9.55 Å². The molecule has 0 spiro atoms. The molecular weight excluding hydrogens is 352 g/mol. The van der Waals surface area contributed by atoms with Crippen LogP contribution < -0.4 is 4.74 Å². The number of imidazole rings is 1. The second kappa shape index (κ2) is 5.70. The zero-order valence-electron chi connectivity index (χ0n) is 11.7. The minimum atomic E-state index is 0.332. The van der Waals surface area contributed by atoms with Gasteiger partial charge in [-0.15, -0.1) is 11.6 Å². The second-order valence-corrected chi connectivity index (χ2v) is 5.79. The van der Waals surface area contributed by atoms with Crippen molar-refractivity contribution in [2.75, 3.05) is 7.11 Å². The highest BCUT2D eigenvalue weighted by Crippen LogP contribution is 2.33. The largest absolute Gasteiger partial charge is 0.494 e. The Hall–Kier alpha value is -1.52. The van der Waals surface area contributed by atoms with Crippen molar-refractivity contribution in [2.45, 2.75) is 12.8 Å². The van der Waals surface area contributed by atoms with E-state index in [9.17, 15) is 0 Å². The number of aromatic nitrogens is 2. The molecule has 0 N–H and O–H groups in total. The summed E-state index contributed by atoms with van der Waals surface area (Å²) in [7, 11) is 1.65. The molecule has 0 saturated carbocycles. The van der Waals surface area contributed by atoms with Gasteiger partial charge in [0.15, 0.2) is 0 Å². The molecule has 0 aliphatic rings. The smallest absolute Gasteiger partial charge is 0.146 e. The first kappa shape index (κ1) is 14.4. The van der Waals surface area contributed by atoms with Crippen molar-refractivity contribution in [3.05, 3.63) is 52.3 Å². The molecule has 0 fully saturated rings. The first-order chi connectivity index (χ1) is 10.2. The van der Waals surface area contributed by atoms with Crippen molar-refractivity contribution in [2.24, 2.45) is 0 Å². The summed E-state index contributed by atoms with van der Waals surface area (Å²) in [6.45, 7) is 2.06. The Balaban J connectivity index is 2.38. The van der Waals surface area contributed by atoms with Crippen molar-refractivity contribution < 1.29 is 4.74 Å². The van der Waals surface area contributed by atoms with Crippen molar-refractivity contribution in [3.63, 3.8) is 0 Å². The number of hydrogen-bond acceptors (Lipinski definition) is 2. The molecule has 5 heteroatoms. The Morgan fingerprint density at radius 2 is 2.00 bits per heavy atom. The molecule has 0 unspecified atom stereocenters. The van der Waals surface area contributed by atoms with Gasteiger partial charge in [-0.2, -0.15) is 0 Å². The molecule has 3 aromatic rings. The van der Waals surface area contributed by atoms with Crippen LogP contribution in [0.25, 0.3) is 16.7 Å². The van der Waals surface area contributed by atoms with Gasteiger partial charge >= 0.3 is 0 Å². The molecule has 1 aromatic heterocycles. The number of nitrogens with zero attached hydrogens (tertiary/aromatic N) is 2. The van der Waals surface area contributed by atoms with Gasteiger partial charge in [0.05, 0.1) is 24.2 Å². The molecule has 0 aliphatic carbocycles. The van der Waals surface area contributed by atoms with E-state index >= 15 is 0 Å². The number of para-hydroxylation sites is 1. The molecule has 0 aliphatic heterocycles. The lowest BCUT2D eigenvalue weighted by Gasteiger charge is -2.12. The van der Waals surface area contributed by atoms with Gasteiger partial charge in [0, 0.05) is 4.47 Å². The van der Waals surface area contributed by atoms with Crippen molar-refractivity contribution >= 4 is 38.6 Å². The fourth-order valence-electron chi connectivity index (χ4n) is 2.45. The summed E-state index contributed by atoms with van der Waals surface area (Å²) in [6.07, 6.45) is 0. The predicted octanol–water partition coefficient (Wildman–Crippen LogP) is 4.84. The molecule has 0 saturated heterocycles. The number of aryl methyl sites for hydroxylation is 1. The standard InChI is InChI=1S/C16H14BrClN2O/c1-10-5-3-6-11(15(10)17)20-12-7-4-8-13(21-2)16(12)19-14(20)9-18/h3-8H,9H2,1-2H3. The maximum Gasteiger partial charge on any atom is 0.146 e. The van der Waals surface area contributed by atoms with E-state index in [0.29, 0.717) is 5.88 Å². The average Bonchev–Trinajstić information content (AvgIpc) is 2.88. The fourth-order valence-corrected chi connectivity index (χ4v) is 3.07. The number of ether oxygens (including phenoxy) is 1. The van der Waals surface area contributed by atoms with Crippen LogP contribution in [0.2, 0.25) is 0 Å². The average molecular weight is 366 g/mol. The Morgan fingerprint density at radius 3 is 2.71 bits per heavy atom. The van der Waals surface area contributed by atoms with E-state index in [1.165, 1.54) is 0 Å². The summed E-state index contributed by atoms with van der Waals surface area (Å²) >= 11 is 9.76. The zero-order chi connectivity index (χ0) is 15.0. The lowest BCUT2D eigenvalue weighted by atomic mass is 10.2. The van der Waals surface area contributed by atoms with E-state index in [1.54, 1.807) is 7.11 Å². The summed E-state index contributed by atoms with van der Waals surface area (Å²) in [5, 5.41) is 0. The van der Waals surface area contributed by atoms with Gasteiger partial charge < -0.3 is 4.74 Å². The highest BCUT2D eigenvalue weighted by atomic mass is 79.9. The third-order valence-electron chi connectivity index (χ3n) is 3.47. The van der Waals surface area contributed by atoms with E-state index in [0.717, 1.165) is 38.3 Å². The first-order valence-corrected chi connectivity index (χ1v) is 7.86. The van der Waals surface area contributed by atoms with Gasteiger partial charge in [-0.05, 0) is 46.6 Å². The number of methoxy groups -OCH3 is 1. The zero-order valence-corrected chi connectivity index (χ0v) is 14.1. The summed E-state index contributed by atoms with van der Waals surface area (Å²) in [6, 6.07) is 12.0. The Morgan fingerprint density at radius 1 is 1.24 bits per heavy atom. The molecular formula is C16H14BrClN2O.